The molecule has 8 heteroatoms. The lowest BCUT2D eigenvalue weighted by Gasteiger charge is -2.30. The molecular weight excluding hydrogens is 529 g/mol. The summed E-state index contributed by atoms with van der Waals surface area (Å²) in [4.78, 5) is 21.8. The van der Waals surface area contributed by atoms with Gasteiger partial charge in [-0.05, 0) is 51.3 Å². The molecule has 3 fully saturated rings. The van der Waals surface area contributed by atoms with E-state index >= 15 is 0 Å². The lowest BCUT2D eigenvalue weighted by Crippen LogP contribution is -2.47. The fourth-order valence-electron chi connectivity index (χ4n) is 5.52. The molecule has 1 aliphatic carbocycles. The number of hydrogen-bond donors (Lipinski definition) is 2. The van der Waals surface area contributed by atoms with Gasteiger partial charge in [0.25, 0.3) is 0 Å². The molecule has 2 N–H and O–H groups in total. The van der Waals surface area contributed by atoms with Gasteiger partial charge in [-0.3, -0.25) is 14.7 Å². The summed E-state index contributed by atoms with van der Waals surface area (Å²) in [6, 6.07) is 8.81. The SMILES string of the molecule is CN=C(NCC(c1ccccc1OC)N1CCCC1)NC1CCN(C(=O)C2CCCC2)C1.I. The number of carbonyl (C=O) groups is 1. The average Bonchev–Trinajstić information content (AvgIpc) is 3.61. The van der Waals surface area contributed by atoms with Crippen LogP contribution in [-0.4, -0.2) is 74.6 Å². The second-order valence-electron chi connectivity index (χ2n) is 9.35. The molecule has 0 spiro atoms. The average molecular weight is 570 g/mol. The minimum atomic E-state index is 0. The molecule has 1 amide bonds. The van der Waals surface area contributed by atoms with Crippen molar-refractivity contribution in [1.29, 1.82) is 0 Å². The van der Waals surface area contributed by atoms with Crippen LogP contribution in [0.3, 0.4) is 0 Å². The highest BCUT2D eigenvalue weighted by atomic mass is 127. The summed E-state index contributed by atoms with van der Waals surface area (Å²) in [5, 5.41) is 7.12. The van der Waals surface area contributed by atoms with E-state index in [1.807, 2.05) is 19.2 Å². The Bertz CT molecular complexity index is 793. The third-order valence-electron chi connectivity index (χ3n) is 7.31. The van der Waals surface area contributed by atoms with Crippen molar-refractivity contribution < 1.29 is 9.53 Å². The van der Waals surface area contributed by atoms with Crippen molar-refractivity contribution in [2.75, 3.05) is 46.9 Å². The minimum Gasteiger partial charge on any atom is -0.496 e. The first-order valence-corrected chi connectivity index (χ1v) is 12.3. The summed E-state index contributed by atoms with van der Waals surface area (Å²) < 4.78 is 5.67. The Labute approximate surface area is 215 Å². The summed E-state index contributed by atoms with van der Waals surface area (Å²) in [6.45, 7) is 4.60. The van der Waals surface area contributed by atoms with Crippen LogP contribution in [0.5, 0.6) is 5.75 Å². The lowest BCUT2D eigenvalue weighted by atomic mass is 10.0. The predicted octanol–water partition coefficient (Wildman–Crippen LogP) is 3.41. The highest BCUT2D eigenvalue weighted by Gasteiger charge is 2.33. The molecule has 2 atom stereocenters. The maximum Gasteiger partial charge on any atom is 0.225 e. The number of methoxy groups -OCH3 is 1. The molecule has 0 bridgehead atoms. The van der Waals surface area contributed by atoms with E-state index in [1.54, 1.807) is 7.11 Å². The number of halogens is 1. The van der Waals surface area contributed by atoms with Gasteiger partial charge in [0, 0.05) is 44.2 Å². The van der Waals surface area contributed by atoms with Gasteiger partial charge in [-0.15, -0.1) is 24.0 Å². The Kier molecular flexibility index (Phi) is 10.1. The third kappa shape index (κ3) is 6.53. The lowest BCUT2D eigenvalue weighted by molar-refractivity contribution is -0.134. The molecule has 2 aliphatic heterocycles. The number of rotatable bonds is 7. The van der Waals surface area contributed by atoms with Crippen LogP contribution in [0.25, 0.3) is 0 Å². The molecule has 3 aliphatic rings. The number of para-hydroxylation sites is 1. The van der Waals surface area contributed by atoms with Crippen LogP contribution in [-0.2, 0) is 4.79 Å². The van der Waals surface area contributed by atoms with Crippen molar-refractivity contribution in [3.05, 3.63) is 29.8 Å². The van der Waals surface area contributed by atoms with Crippen LogP contribution in [0.4, 0.5) is 0 Å². The van der Waals surface area contributed by atoms with Crippen LogP contribution in [0.15, 0.2) is 29.3 Å². The molecule has 2 heterocycles. The van der Waals surface area contributed by atoms with Gasteiger partial charge >= 0.3 is 0 Å². The van der Waals surface area contributed by atoms with Crippen molar-refractivity contribution in [3.8, 4) is 5.75 Å². The van der Waals surface area contributed by atoms with E-state index in [4.69, 9.17) is 4.74 Å². The number of amides is 1. The normalized spacial score (nSPS) is 22.8. The third-order valence-corrected chi connectivity index (χ3v) is 7.31. The standard InChI is InChI=1S/C25H39N5O2.HI/c1-26-25(28-20-13-16-30(18-20)24(31)19-9-3-4-10-19)27-17-22(29-14-7-8-15-29)21-11-5-6-12-23(21)32-2;/h5-6,11-12,19-20,22H,3-4,7-10,13-18H2,1-2H3,(H2,26,27,28);1H. The van der Waals surface area contributed by atoms with E-state index in [9.17, 15) is 4.79 Å². The van der Waals surface area contributed by atoms with E-state index in [1.165, 1.54) is 31.2 Å². The maximum absolute atomic E-state index is 12.8. The Morgan fingerprint density at radius 1 is 1.12 bits per heavy atom. The molecule has 7 nitrogen and oxygen atoms in total. The van der Waals surface area contributed by atoms with Crippen LogP contribution in [0.2, 0.25) is 0 Å². The first kappa shape index (κ1) is 26.1. The number of nitrogens with zero attached hydrogens (tertiary/aromatic N) is 3. The first-order valence-electron chi connectivity index (χ1n) is 12.3. The van der Waals surface area contributed by atoms with Gasteiger partial charge in [-0.25, -0.2) is 0 Å². The van der Waals surface area contributed by atoms with Gasteiger partial charge in [-0.2, -0.15) is 0 Å². The van der Waals surface area contributed by atoms with Crippen LogP contribution >= 0.6 is 24.0 Å². The van der Waals surface area contributed by atoms with Gasteiger partial charge in [0.2, 0.25) is 5.91 Å². The Balaban J connectivity index is 0.00000306. The summed E-state index contributed by atoms with van der Waals surface area (Å²) in [7, 11) is 3.56. The van der Waals surface area contributed by atoms with Gasteiger partial charge < -0.3 is 20.3 Å². The molecule has 33 heavy (non-hydrogen) atoms. The second kappa shape index (κ2) is 12.8. The number of carbonyl (C=O) groups excluding carboxylic acids is 1. The first-order chi connectivity index (χ1) is 15.7. The number of ether oxygens (including phenoxy) is 1. The zero-order valence-electron chi connectivity index (χ0n) is 20.1. The number of likely N-dealkylation sites (tertiary alicyclic amines) is 2. The molecule has 2 unspecified atom stereocenters. The smallest absolute Gasteiger partial charge is 0.225 e. The quantitative estimate of drug-likeness (QED) is 0.300. The zero-order chi connectivity index (χ0) is 22.3. The predicted molar refractivity (Wildman–Crippen MR) is 143 cm³/mol. The fraction of sp³-hybridized carbons (Fsp3) is 0.680. The Hall–Kier alpha value is -1.55. The molecule has 2 saturated heterocycles. The number of aliphatic imine (C=N–C) groups is 1. The van der Waals surface area contributed by atoms with Crippen molar-refractivity contribution in [2.45, 2.75) is 57.0 Å². The summed E-state index contributed by atoms with van der Waals surface area (Å²) >= 11 is 0. The number of guanidine groups is 1. The molecule has 4 rings (SSSR count). The van der Waals surface area contributed by atoms with Crippen molar-refractivity contribution in [3.63, 3.8) is 0 Å². The van der Waals surface area contributed by atoms with Crippen LogP contribution < -0.4 is 15.4 Å². The Morgan fingerprint density at radius 2 is 1.85 bits per heavy atom. The van der Waals surface area contributed by atoms with Crippen LogP contribution in [0.1, 0.15) is 56.6 Å². The molecule has 1 aromatic carbocycles. The molecule has 184 valence electrons. The van der Waals surface area contributed by atoms with Crippen molar-refractivity contribution >= 4 is 35.8 Å². The molecule has 1 saturated carbocycles. The Morgan fingerprint density at radius 3 is 2.55 bits per heavy atom. The van der Waals surface area contributed by atoms with E-state index in [2.05, 4.69) is 37.6 Å². The molecular formula is C25H40IN5O2. The van der Waals surface area contributed by atoms with Gasteiger partial charge in [-0.1, -0.05) is 31.0 Å². The van der Waals surface area contributed by atoms with E-state index < -0.39 is 0 Å². The van der Waals surface area contributed by atoms with Crippen molar-refractivity contribution in [1.82, 2.24) is 20.4 Å². The van der Waals surface area contributed by atoms with Gasteiger partial charge in [0.05, 0.1) is 13.2 Å². The second-order valence-corrected chi connectivity index (χ2v) is 9.35. The number of nitrogens with one attached hydrogen (secondary N) is 2. The monoisotopic (exact) mass is 569 g/mol. The summed E-state index contributed by atoms with van der Waals surface area (Å²) in [5.74, 6) is 2.36. The minimum absolute atomic E-state index is 0. The number of benzene rings is 1. The van der Waals surface area contributed by atoms with Crippen molar-refractivity contribution in [2.24, 2.45) is 10.9 Å². The highest BCUT2D eigenvalue weighted by molar-refractivity contribution is 14.0. The van der Waals surface area contributed by atoms with Crippen LogP contribution in [0, 0.1) is 5.92 Å². The van der Waals surface area contributed by atoms with Gasteiger partial charge in [0.15, 0.2) is 5.96 Å². The topological polar surface area (TPSA) is 69.2 Å². The van der Waals surface area contributed by atoms with E-state index in [-0.39, 0.29) is 42.0 Å². The fourth-order valence-corrected chi connectivity index (χ4v) is 5.52. The molecule has 0 radical (unpaired) electrons. The van der Waals surface area contributed by atoms with E-state index in [0.29, 0.717) is 5.91 Å². The zero-order valence-corrected chi connectivity index (χ0v) is 22.4. The highest BCUT2D eigenvalue weighted by Crippen LogP contribution is 2.31. The van der Waals surface area contributed by atoms with E-state index in [0.717, 1.165) is 63.7 Å². The maximum atomic E-state index is 12.8. The summed E-state index contributed by atoms with van der Waals surface area (Å²) in [6.07, 6.45) is 7.99. The number of hydrogen-bond acceptors (Lipinski definition) is 4. The largest absolute Gasteiger partial charge is 0.496 e. The van der Waals surface area contributed by atoms with Gasteiger partial charge in [0.1, 0.15) is 5.75 Å². The summed E-state index contributed by atoms with van der Waals surface area (Å²) in [5.41, 5.74) is 1.22. The molecule has 1 aromatic rings. The molecule has 0 aromatic heterocycles.